The molecule has 1 aromatic rings. The normalized spacial score (nSPS) is 32.7. The van der Waals surface area contributed by atoms with Crippen molar-refractivity contribution in [1.29, 1.82) is 0 Å². The molecule has 2 aliphatic carbocycles. The number of hydrogen-bond donors (Lipinski definition) is 1. The van der Waals surface area contributed by atoms with E-state index in [1.54, 1.807) is 0 Å². The van der Waals surface area contributed by atoms with Crippen molar-refractivity contribution < 1.29 is 0 Å². The van der Waals surface area contributed by atoms with Crippen molar-refractivity contribution in [1.82, 2.24) is 15.1 Å². The molecule has 0 bridgehead atoms. The Bertz CT molecular complexity index is 384. The second-order valence-corrected chi connectivity index (χ2v) is 6.51. The monoisotopic (exact) mass is 247 g/mol. The van der Waals surface area contributed by atoms with E-state index in [1.165, 1.54) is 37.8 Å². The molecule has 3 heteroatoms. The number of hydrogen-bond acceptors (Lipinski definition) is 2. The third-order valence-electron chi connectivity index (χ3n) is 4.34. The molecular weight excluding hydrogens is 222 g/mol. The summed E-state index contributed by atoms with van der Waals surface area (Å²) < 4.78 is 2.22. The van der Waals surface area contributed by atoms with Gasteiger partial charge in [-0.1, -0.05) is 13.8 Å². The Morgan fingerprint density at radius 3 is 2.61 bits per heavy atom. The lowest BCUT2D eigenvalue weighted by molar-refractivity contribution is 0.209. The van der Waals surface area contributed by atoms with E-state index in [2.05, 4.69) is 36.1 Å². The van der Waals surface area contributed by atoms with Gasteiger partial charge in [0.1, 0.15) is 0 Å². The van der Waals surface area contributed by atoms with Crippen LogP contribution in [0.5, 0.6) is 0 Å². The predicted molar refractivity (Wildman–Crippen MR) is 73.3 cm³/mol. The highest BCUT2D eigenvalue weighted by atomic mass is 15.3. The summed E-state index contributed by atoms with van der Waals surface area (Å²) in [5.74, 6) is 1.69. The molecule has 1 heterocycles. The highest BCUT2D eigenvalue weighted by Gasteiger charge is 2.26. The highest BCUT2D eigenvalue weighted by molar-refractivity contribution is 5.01. The maximum atomic E-state index is 4.76. The Morgan fingerprint density at radius 2 is 1.94 bits per heavy atom. The molecule has 3 nitrogen and oxygen atoms in total. The molecule has 2 unspecified atom stereocenters. The summed E-state index contributed by atoms with van der Waals surface area (Å²) in [7, 11) is 0. The molecule has 0 aromatic carbocycles. The Balaban J connectivity index is 1.60. The van der Waals surface area contributed by atoms with E-state index in [4.69, 9.17) is 5.10 Å². The van der Waals surface area contributed by atoms with Gasteiger partial charge in [0.15, 0.2) is 0 Å². The average Bonchev–Trinajstić information content (AvgIpc) is 3.02. The largest absolute Gasteiger partial charge is 0.308 e. The molecule has 2 atom stereocenters. The van der Waals surface area contributed by atoms with Crippen LogP contribution in [0.1, 0.15) is 57.7 Å². The van der Waals surface area contributed by atoms with Gasteiger partial charge in [-0.05, 0) is 50.0 Å². The standard InChI is InChI=1S/C15H25N3/c1-11-7-12(2)9-15(8-11)18-6-5-14(17-18)10-16-13-3-4-13/h5-6,11-13,15-16H,3-4,7-10H2,1-2H3. The first kappa shape index (κ1) is 12.2. The summed E-state index contributed by atoms with van der Waals surface area (Å²) in [5, 5.41) is 8.29. The first-order valence-electron chi connectivity index (χ1n) is 7.48. The lowest BCUT2D eigenvalue weighted by Crippen LogP contribution is -2.23. The molecule has 0 saturated heterocycles. The topological polar surface area (TPSA) is 29.9 Å². The summed E-state index contributed by atoms with van der Waals surface area (Å²) in [6.45, 7) is 5.69. The maximum Gasteiger partial charge on any atom is 0.0762 e. The predicted octanol–water partition coefficient (Wildman–Crippen LogP) is 3.13. The number of nitrogens with one attached hydrogen (secondary N) is 1. The van der Waals surface area contributed by atoms with Crippen molar-refractivity contribution in [2.24, 2.45) is 11.8 Å². The fourth-order valence-corrected chi connectivity index (χ4v) is 3.33. The smallest absolute Gasteiger partial charge is 0.0762 e. The molecule has 3 rings (SSSR count). The van der Waals surface area contributed by atoms with Crippen LogP contribution < -0.4 is 5.32 Å². The summed E-state index contributed by atoms with van der Waals surface area (Å²) in [6, 6.07) is 3.57. The van der Waals surface area contributed by atoms with Crippen LogP contribution in [0.2, 0.25) is 0 Å². The van der Waals surface area contributed by atoms with Gasteiger partial charge in [0.05, 0.1) is 11.7 Å². The van der Waals surface area contributed by atoms with Crippen molar-refractivity contribution in [2.45, 2.75) is 64.6 Å². The first-order chi connectivity index (χ1) is 8.70. The van der Waals surface area contributed by atoms with Crippen LogP contribution in [0, 0.1) is 11.8 Å². The number of rotatable bonds is 4. The fraction of sp³-hybridized carbons (Fsp3) is 0.800. The first-order valence-corrected chi connectivity index (χ1v) is 7.48. The van der Waals surface area contributed by atoms with Crippen molar-refractivity contribution >= 4 is 0 Å². The van der Waals surface area contributed by atoms with E-state index in [0.717, 1.165) is 24.4 Å². The van der Waals surface area contributed by atoms with Gasteiger partial charge in [0.25, 0.3) is 0 Å². The van der Waals surface area contributed by atoms with Gasteiger partial charge in [-0.15, -0.1) is 0 Å². The molecule has 0 spiro atoms. The van der Waals surface area contributed by atoms with E-state index in [1.807, 2.05) is 0 Å². The van der Waals surface area contributed by atoms with Gasteiger partial charge in [0, 0.05) is 18.8 Å². The Labute approximate surface area is 110 Å². The summed E-state index contributed by atoms with van der Waals surface area (Å²) >= 11 is 0. The Kier molecular flexibility index (Phi) is 3.42. The lowest BCUT2D eigenvalue weighted by Gasteiger charge is -2.31. The van der Waals surface area contributed by atoms with E-state index in [9.17, 15) is 0 Å². The molecule has 1 aromatic heterocycles. The molecule has 0 amide bonds. The van der Waals surface area contributed by atoms with E-state index in [0.29, 0.717) is 6.04 Å². The third kappa shape index (κ3) is 2.94. The minimum atomic E-state index is 0.624. The summed E-state index contributed by atoms with van der Waals surface area (Å²) in [5.41, 5.74) is 1.20. The number of nitrogens with zero attached hydrogens (tertiary/aromatic N) is 2. The molecule has 100 valence electrons. The minimum absolute atomic E-state index is 0.624. The average molecular weight is 247 g/mol. The van der Waals surface area contributed by atoms with Crippen LogP contribution >= 0.6 is 0 Å². The molecule has 2 aliphatic rings. The van der Waals surface area contributed by atoms with Crippen LogP contribution in [0.15, 0.2) is 12.3 Å². The molecule has 2 saturated carbocycles. The quantitative estimate of drug-likeness (QED) is 0.886. The minimum Gasteiger partial charge on any atom is -0.308 e. The Morgan fingerprint density at radius 1 is 1.22 bits per heavy atom. The second kappa shape index (κ2) is 5.04. The lowest BCUT2D eigenvalue weighted by atomic mass is 9.80. The molecule has 1 N–H and O–H groups in total. The van der Waals surface area contributed by atoms with Crippen LogP contribution in [-0.2, 0) is 6.54 Å². The van der Waals surface area contributed by atoms with Crippen molar-refractivity contribution in [3.63, 3.8) is 0 Å². The van der Waals surface area contributed by atoms with Crippen LogP contribution in [-0.4, -0.2) is 15.8 Å². The zero-order chi connectivity index (χ0) is 12.5. The van der Waals surface area contributed by atoms with Gasteiger partial charge in [0.2, 0.25) is 0 Å². The molecule has 0 aliphatic heterocycles. The zero-order valence-corrected chi connectivity index (χ0v) is 11.6. The summed E-state index contributed by atoms with van der Waals surface area (Å²) in [6.07, 6.45) is 8.84. The third-order valence-corrected chi connectivity index (χ3v) is 4.34. The molecular formula is C15H25N3. The van der Waals surface area contributed by atoms with Crippen molar-refractivity contribution in [2.75, 3.05) is 0 Å². The van der Waals surface area contributed by atoms with Gasteiger partial charge < -0.3 is 5.32 Å². The van der Waals surface area contributed by atoms with Gasteiger partial charge in [-0.2, -0.15) is 5.10 Å². The van der Waals surface area contributed by atoms with E-state index < -0.39 is 0 Å². The van der Waals surface area contributed by atoms with Gasteiger partial charge >= 0.3 is 0 Å². The van der Waals surface area contributed by atoms with Crippen LogP contribution in [0.3, 0.4) is 0 Å². The molecule has 18 heavy (non-hydrogen) atoms. The fourth-order valence-electron chi connectivity index (χ4n) is 3.33. The van der Waals surface area contributed by atoms with Crippen molar-refractivity contribution in [3.8, 4) is 0 Å². The van der Waals surface area contributed by atoms with E-state index >= 15 is 0 Å². The highest BCUT2D eigenvalue weighted by Crippen LogP contribution is 2.35. The SMILES string of the molecule is CC1CC(C)CC(n2ccc(CNC3CC3)n2)C1. The van der Waals surface area contributed by atoms with Crippen LogP contribution in [0.25, 0.3) is 0 Å². The Hall–Kier alpha value is -0.830. The van der Waals surface area contributed by atoms with Gasteiger partial charge in [-0.25, -0.2) is 0 Å². The summed E-state index contributed by atoms with van der Waals surface area (Å²) in [4.78, 5) is 0. The molecule has 0 radical (unpaired) electrons. The maximum absolute atomic E-state index is 4.76. The van der Waals surface area contributed by atoms with Crippen LogP contribution in [0.4, 0.5) is 0 Å². The number of aromatic nitrogens is 2. The zero-order valence-electron chi connectivity index (χ0n) is 11.6. The molecule has 2 fully saturated rings. The van der Waals surface area contributed by atoms with Gasteiger partial charge in [-0.3, -0.25) is 4.68 Å². The van der Waals surface area contributed by atoms with Crippen molar-refractivity contribution in [3.05, 3.63) is 18.0 Å². The second-order valence-electron chi connectivity index (χ2n) is 6.51. The van der Waals surface area contributed by atoms with E-state index in [-0.39, 0.29) is 0 Å².